The number of carbonyl (C=O) groups excluding carboxylic acids is 1. The first-order chi connectivity index (χ1) is 12.3. The number of carbonyl (C=O) groups is 1. The number of sulfonamides is 1. The molecule has 6 nitrogen and oxygen atoms in total. The van der Waals surface area contributed by atoms with E-state index in [2.05, 4.69) is 4.74 Å². The molecule has 0 radical (unpaired) electrons. The average Bonchev–Trinajstić information content (AvgIpc) is 3.04. The van der Waals surface area contributed by atoms with Gasteiger partial charge in [-0.2, -0.15) is 4.31 Å². The lowest BCUT2D eigenvalue weighted by Crippen LogP contribution is -2.32. The van der Waals surface area contributed by atoms with E-state index >= 15 is 0 Å². The van der Waals surface area contributed by atoms with Crippen molar-refractivity contribution in [2.45, 2.75) is 16.9 Å². The van der Waals surface area contributed by atoms with E-state index in [0.29, 0.717) is 0 Å². The summed E-state index contributed by atoms with van der Waals surface area (Å²) in [6, 6.07) is 12.2. The molecule has 0 spiro atoms. The molecule has 1 saturated heterocycles. The molecule has 1 heterocycles. The molecule has 0 aliphatic carbocycles. The summed E-state index contributed by atoms with van der Waals surface area (Å²) in [5.74, 6) is -1.94. The van der Waals surface area contributed by atoms with E-state index in [-0.39, 0.29) is 35.5 Å². The van der Waals surface area contributed by atoms with E-state index in [0.717, 1.165) is 24.8 Å². The summed E-state index contributed by atoms with van der Waals surface area (Å²) in [7, 11) is -2.80. The molecule has 2 atom stereocenters. The Kier molecular flexibility index (Phi) is 5.08. The molecule has 1 aliphatic heterocycles. The number of rotatable bonds is 4. The minimum absolute atomic E-state index is 0.134. The minimum atomic E-state index is -3.92. The lowest BCUT2D eigenvalue weighted by Gasteiger charge is -2.17. The van der Waals surface area contributed by atoms with Gasteiger partial charge in [0.25, 0.3) is 0 Å². The lowest BCUT2D eigenvalue weighted by molar-refractivity contribution is 0.0595. The van der Waals surface area contributed by atoms with Crippen molar-refractivity contribution < 1.29 is 22.3 Å². The molecule has 2 N–H and O–H groups in total. The van der Waals surface area contributed by atoms with Gasteiger partial charge in [-0.05, 0) is 23.8 Å². The maximum atomic E-state index is 14.1. The Labute approximate surface area is 151 Å². The monoisotopic (exact) mass is 378 g/mol. The topological polar surface area (TPSA) is 89.7 Å². The number of halogens is 1. The highest BCUT2D eigenvalue weighted by Crippen LogP contribution is 2.31. The molecule has 0 saturated carbocycles. The number of benzene rings is 2. The Bertz CT molecular complexity index is 918. The summed E-state index contributed by atoms with van der Waals surface area (Å²) in [6.07, 6.45) is 0. The molecular formula is C18H19FN2O4S. The van der Waals surface area contributed by atoms with Crippen LogP contribution in [0.1, 0.15) is 21.8 Å². The van der Waals surface area contributed by atoms with E-state index in [9.17, 15) is 17.6 Å². The number of hydrogen-bond donors (Lipinski definition) is 1. The first-order valence-electron chi connectivity index (χ1n) is 8.03. The van der Waals surface area contributed by atoms with Crippen molar-refractivity contribution in [1.82, 2.24) is 4.31 Å². The number of ether oxygens (including phenoxy) is 1. The van der Waals surface area contributed by atoms with Gasteiger partial charge in [-0.3, -0.25) is 0 Å². The summed E-state index contributed by atoms with van der Waals surface area (Å²) in [5.41, 5.74) is 6.80. The van der Waals surface area contributed by atoms with Crippen LogP contribution in [-0.4, -0.2) is 44.9 Å². The normalized spacial score (nSPS) is 20.9. The van der Waals surface area contributed by atoms with Crippen molar-refractivity contribution in [3.63, 3.8) is 0 Å². The quantitative estimate of drug-likeness (QED) is 0.819. The molecule has 26 heavy (non-hydrogen) atoms. The number of nitrogens with two attached hydrogens (primary N) is 1. The third kappa shape index (κ3) is 3.35. The zero-order valence-corrected chi connectivity index (χ0v) is 14.9. The fraction of sp³-hybridized carbons (Fsp3) is 0.278. The molecule has 3 rings (SSSR count). The number of methoxy groups -OCH3 is 1. The Morgan fingerprint density at radius 1 is 1.19 bits per heavy atom. The largest absolute Gasteiger partial charge is 0.465 e. The Morgan fingerprint density at radius 2 is 1.88 bits per heavy atom. The summed E-state index contributed by atoms with van der Waals surface area (Å²) in [4.78, 5) is 11.2. The zero-order valence-electron chi connectivity index (χ0n) is 14.1. The van der Waals surface area contributed by atoms with E-state index in [1.807, 2.05) is 30.3 Å². The van der Waals surface area contributed by atoms with Crippen LogP contribution in [0.2, 0.25) is 0 Å². The van der Waals surface area contributed by atoms with Gasteiger partial charge in [0.1, 0.15) is 5.82 Å². The summed E-state index contributed by atoms with van der Waals surface area (Å²) in [5, 5.41) is 0. The van der Waals surface area contributed by atoms with Crippen molar-refractivity contribution in [3.05, 3.63) is 65.5 Å². The molecule has 1 aliphatic rings. The highest BCUT2D eigenvalue weighted by Gasteiger charge is 2.38. The molecule has 8 heteroatoms. The van der Waals surface area contributed by atoms with Crippen molar-refractivity contribution in [2.24, 2.45) is 5.73 Å². The van der Waals surface area contributed by atoms with E-state index in [1.54, 1.807) is 0 Å². The minimum Gasteiger partial charge on any atom is -0.465 e. The number of esters is 1. The molecule has 2 aromatic carbocycles. The zero-order chi connectivity index (χ0) is 18.9. The molecule has 1 fully saturated rings. The van der Waals surface area contributed by atoms with Crippen LogP contribution in [0.3, 0.4) is 0 Å². The third-order valence-electron chi connectivity index (χ3n) is 4.54. The van der Waals surface area contributed by atoms with Crippen LogP contribution in [0, 0.1) is 5.82 Å². The third-order valence-corrected chi connectivity index (χ3v) is 6.37. The van der Waals surface area contributed by atoms with Crippen LogP contribution >= 0.6 is 0 Å². The summed E-state index contributed by atoms with van der Waals surface area (Å²) >= 11 is 0. The predicted molar refractivity (Wildman–Crippen MR) is 93.7 cm³/mol. The van der Waals surface area contributed by atoms with Crippen LogP contribution in [0.25, 0.3) is 0 Å². The van der Waals surface area contributed by atoms with Crippen LogP contribution in [0.15, 0.2) is 53.4 Å². The highest BCUT2D eigenvalue weighted by molar-refractivity contribution is 7.89. The first kappa shape index (κ1) is 18.5. The molecule has 0 aromatic heterocycles. The van der Waals surface area contributed by atoms with Crippen molar-refractivity contribution in [2.75, 3.05) is 20.2 Å². The second kappa shape index (κ2) is 7.14. The van der Waals surface area contributed by atoms with Crippen LogP contribution < -0.4 is 5.73 Å². The van der Waals surface area contributed by atoms with E-state index in [4.69, 9.17) is 5.73 Å². The van der Waals surface area contributed by atoms with Gasteiger partial charge in [-0.25, -0.2) is 17.6 Å². The fourth-order valence-electron chi connectivity index (χ4n) is 3.12. The molecule has 2 aromatic rings. The lowest BCUT2D eigenvalue weighted by atomic mass is 9.95. The van der Waals surface area contributed by atoms with Crippen LogP contribution in [0.5, 0.6) is 0 Å². The fourth-order valence-corrected chi connectivity index (χ4v) is 4.64. The van der Waals surface area contributed by atoms with Crippen LogP contribution in [0.4, 0.5) is 4.39 Å². The number of hydrogen-bond acceptors (Lipinski definition) is 5. The smallest absolute Gasteiger partial charge is 0.340 e. The molecule has 138 valence electrons. The van der Waals surface area contributed by atoms with Gasteiger partial charge >= 0.3 is 5.97 Å². The first-order valence-corrected chi connectivity index (χ1v) is 9.47. The van der Waals surface area contributed by atoms with Gasteiger partial charge in [0.15, 0.2) is 0 Å². The van der Waals surface area contributed by atoms with Crippen molar-refractivity contribution in [3.8, 4) is 0 Å². The second-order valence-corrected chi connectivity index (χ2v) is 8.07. The Balaban J connectivity index is 1.87. The van der Waals surface area contributed by atoms with Gasteiger partial charge in [0, 0.05) is 25.0 Å². The molecule has 0 bridgehead atoms. The Morgan fingerprint density at radius 3 is 2.50 bits per heavy atom. The standard InChI is InChI=1S/C18H19FN2O4S/c1-25-18(22)14-8-7-13(9-16(14)19)26(23,24)21-10-15(17(20)11-21)12-5-3-2-4-6-12/h2-9,15,17H,10-11,20H2,1H3/t15-,17+/m0/s1. The SMILES string of the molecule is COC(=O)c1ccc(S(=O)(=O)N2C[C@@H](N)[C@H](c3ccccc3)C2)cc1F. The maximum Gasteiger partial charge on any atom is 0.340 e. The van der Waals surface area contributed by atoms with Crippen LogP contribution in [-0.2, 0) is 14.8 Å². The average molecular weight is 378 g/mol. The van der Waals surface area contributed by atoms with Gasteiger partial charge in [-0.15, -0.1) is 0 Å². The Hall–Kier alpha value is -2.29. The molecular weight excluding hydrogens is 359 g/mol. The maximum absolute atomic E-state index is 14.1. The molecule has 0 amide bonds. The van der Waals surface area contributed by atoms with E-state index < -0.39 is 21.8 Å². The van der Waals surface area contributed by atoms with Crippen molar-refractivity contribution in [1.29, 1.82) is 0 Å². The van der Waals surface area contributed by atoms with Gasteiger partial charge in [-0.1, -0.05) is 30.3 Å². The van der Waals surface area contributed by atoms with Gasteiger partial charge in [0.2, 0.25) is 10.0 Å². The van der Waals surface area contributed by atoms with Gasteiger partial charge in [0.05, 0.1) is 17.6 Å². The molecule has 0 unspecified atom stereocenters. The van der Waals surface area contributed by atoms with Crippen molar-refractivity contribution >= 4 is 16.0 Å². The van der Waals surface area contributed by atoms with Gasteiger partial charge < -0.3 is 10.5 Å². The van der Waals surface area contributed by atoms with E-state index in [1.165, 1.54) is 10.4 Å². The highest BCUT2D eigenvalue weighted by atomic mass is 32.2. The second-order valence-electron chi connectivity index (χ2n) is 6.14. The summed E-state index contributed by atoms with van der Waals surface area (Å²) < 4.78 is 45.5. The number of nitrogens with zero attached hydrogens (tertiary/aromatic N) is 1. The summed E-state index contributed by atoms with van der Waals surface area (Å²) in [6.45, 7) is 0.357. The predicted octanol–water partition coefficient (Wildman–Crippen LogP) is 1.73.